The van der Waals surface area contributed by atoms with Crippen LogP contribution >= 0.6 is 7.60 Å². The molecule has 0 aliphatic carbocycles. The van der Waals surface area contributed by atoms with Crippen LogP contribution in [0.15, 0.2) is 30.1 Å². The minimum Gasteiger partial charge on any atom is -0.303 e. The molecule has 0 aliphatic rings. The predicted octanol–water partition coefficient (Wildman–Crippen LogP) is 5.72. The van der Waals surface area contributed by atoms with Crippen LogP contribution in [0.2, 0.25) is 0 Å². The summed E-state index contributed by atoms with van der Waals surface area (Å²) < 4.78 is 60.6. The second-order valence-corrected chi connectivity index (χ2v) is 7.08. The van der Waals surface area contributed by atoms with Gasteiger partial charge >= 0.3 is 13.8 Å². The molecule has 1 aromatic carbocycles. The molecule has 0 heterocycles. The van der Waals surface area contributed by atoms with Gasteiger partial charge in [-0.25, -0.2) is 0 Å². The van der Waals surface area contributed by atoms with Crippen LogP contribution in [0.4, 0.5) is 13.2 Å². The number of halogens is 3. The van der Waals surface area contributed by atoms with E-state index in [0.717, 1.165) is 12.1 Å². The number of benzene rings is 1. The molecule has 0 spiro atoms. The van der Waals surface area contributed by atoms with Crippen LogP contribution in [-0.2, 0) is 19.8 Å². The lowest BCUT2D eigenvalue weighted by Crippen LogP contribution is -2.06. The van der Waals surface area contributed by atoms with Crippen molar-refractivity contribution in [1.29, 1.82) is 0 Å². The second kappa shape index (κ2) is 7.44. The molecule has 0 N–H and O–H groups in total. The molecule has 22 heavy (non-hydrogen) atoms. The van der Waals surface area contributed by atoms with Crippen LogP contribution in [0.3, 0.4) is 0 Å². The molecule has 0 fully saturated rings. The summed E-state index contributed by atoms with van der Waals surface area (Å²) in [6.07, 6.45) is -3.55. The summed E-state index contributed by atoms with van der Waals surface area (Å²) in [5.74, 6) is 1.27. The molecule has 0 saturated carbocycles. The van der Waals surface area contributed by atoms with Gasteiger partial charge in [-0.15, -0.1) is 0 Å². The summed E-state index contributed by atoms with van der Waals surface area (Å²) in [7, 11) is -3.44. The van der Waals surface area contributed by atoms with Crippen LogP contribution in [0.5, 0.6) is 0 Å². The fourth-order valence-electron chi connectivity index (χ4n) is 1.64. The maximum atomic E-state index is 12.5. The molecular formula is C15H20F3O3P. The Bertz CT molecular complexity index is 534. The molecule has 0 aromatic heterocycles. The van der Waals surface area contributed by atoms with E-state index in [0.29, 0.717) is 5.56 Å². The van der Waals surface area contributed by atoms with Gasteiger partial charge in [0.1, 0.15) is 0 Å². The third-order valence-electron chi connectivity index (χ3n) is 2.40. The number of hydrogen-bond acceptors (Lipinski definition) is 3. The summed E-state index contributed by atoms with van der Waals surface area (Å²) in [6.45, 7) is 6.90. The van der Waals surface area contributed by atoms with E-state index < -0.39 is 19.3 Å². The molecular weight excluding hydrogens is 316 g/mol. The van der Waals surface area contributed by atoms with Crippen molar-refractivity contribution in [1.82, 2.24) is 0 Å². The minimum atomic E-state index is -4.38. The van der Waals surface area contributed by atoms with Crippen molar-refractivity contribution in [2.45, 2.75) is 46.1 Å². The van der Waals surface area contributed by atoms with E-state index in [4.69, 9.17) is 9.05 Å². The van der Waals surface area contributed by atoms with Gasteiger partial charge in [-0.2, -0.15) is 13.2 Å². The summed E-state index contributed by atoms with van der Waals surface area (Å²) in [5, 5.41) is 0. The predicted molar refractivity (Wildman–Crippen MR) is 80.5 cm³/mol. The molecule has 0 amide bonds. The van der Waals surface area contributed by atoms with Gasteiger partial charge in [-0.05, 0) is 51.5 Å². The molecule has 0 atom stereocenters. The zero-order valence-corrected chi connectivity index (χ0v) is 13.8. The Morgan fingerprint density at radius 2 is 1.45 bits per heavy atom. The maximum Gasteiger partial charge on any atom is 0.416 e. The first-order valence-corrected chi connectivity index (χ1v) is 8.46. The third kappa shape index (κ3) is 6.34. The number of rotatable bonds is 6. The molecule has 0 aliphatic heterocycles. The Labute approximate surface area is 128 Å². The van der Waals surface area contributed by atoms with Crippen molar-refractivity contribution in [3.05, 3.63) is 41.2 Å². The normalized spacial score (nSPS) is 13.5. The third-order valence-corrected chi connectivity index (χ3v) is 4.35. The van der Waals surface area contributed by atoms with Gasteiger partial charge < -0.3 is 9.05 Å². The molecule has 0 radical (unpaired) electrons. The van der Waals surface area contributed by atoms with E-state index in [-0.39, 0.29) is 12.2 Å². The average molecular weight is 336 g/mol. The summed E-state index contributed by atoms with van der Waals surface area (Å²) >= 11 is 0. The lowest BCUT2D eigenvalue weighted by Gasteiger charge is -2.19. The monoisotopic (exact) mass is 336 g/mol. The van der Waals surface area contributed by atoms with E-state index in [9.17, 15) is 17.7 Å². The topological polar surface area (TPSA) is 35.5 Å². The molecule has 124 valence electrons. The first kappa shape index (κ1) is 18.9. The molecule has 0 bridgehead atoms. The highest BCUT2D eigenvalue weighted by Crippen LogP contribution is 2.52. The van der Waals surface area contributed by atoms with Crippen LogP contribution in [0.25, 0.3) is 6.08 Å². The number of hydrogen-bond donors (Lipinski definition) is 0. The largest absolute Gasteiger partial charge is 0.416 e. The van der Waals surface area contributed by atoms with Crippen LogP contribution < -0.4 is 0 Å². The van der Waals surface area contributed by atoms with Gasteiger partial charge in [0.2, 0.25) is 0 Å². The van der Waals surface area contributed by atoms with Crippen molar-refractivity contribution in [2.75, 3.05) is 0 Å². The first-order valence-electron chi connectivity index (χ1n) is 6.85. The smallest absolute Gasteiger partial charge is 0.303 e. The van der Waals surface area contributed by atoms with Crippen molar-refractivity contribution >= 4 is 13.7 Å². The van der Waals surface area contributed by atoms with Gasteiger partial charge in [0.05, 0.1) is 17.8 Å². The van der Waals surface area contributed by atoms with E-state index in [2.05, 4.69) is 0 Å². The number of alkyl halides is 3. The van der Waals surface area contributed by atoms with E-state index in [1.54, 1.807) is 27.7 Å². The Morgan fingerprint density at radius 3 is 1.82 bits per heavy atom. The maximum absolute atomic E-state index is 12.5. The fraction of sp³-hybridized carbons (Fsp3) is 0.467. The van der Waals surface area contributed by atoms with Gasteiger partial charge in [0.15, 0.2) is 0 Å². The first-order chi connectivity index (χ1) is 10.0. The van der Waals surface area contributed by atoms with Gasteiger partial charge in [-0.1, -0.05) is 12.1 Å². The van der Waals surface area contributed by atoms with Crippen molar-refractivity contribution in [2.24, 2.45) is 0 Å². The molecule has 0 unspecified atom stereocenters. The molecule has 0 saturated heterocycles. The molecule has 1 rings (SSSR count). The SMILES string of the molecule is CC(C)OP(=O)(/C=C/c1ccc(C(F)(F)F)cc1)OC(C)C. The van der Waals surface area contributed by atoms with E-state index >= 15 is 0 Å². The van der Waals surface area contributed by atoms with Gasteiger partial charge in [-0.3, -0.25) is 4.57 Å². The van der Waals surface area contributed by atoms with Crippen LogP contribution in [-0.4, -0.2) is 12.2 Å². The Kier molecular flexibility index (Phi) is 6.41. The van der Waals surface area contributed by atoms with Crippen molar-refractivity contribution < 1.29 is 26.8 Å². The zero-order chi connectivity index (χ0) is 17.0. The Hall–Kier alpha value is -1.10. The average Bonchev–Trinajstić information content (AvgIpc) is 2.34. The summed E-state index contributed by atoms with van der Waals surface area (Å²) in [4.78, 5) is 0. The highest BCUT2D eigenvalue weighted by molar-refractivity contribution is 7.57. The Balaban J connectivity index is 2.93. The quantitative estimate of drug-likeness (QED) is 0.623. The highest BCUT2D eigenvalue weighted by atomic mass is 31.2. The Morgan fingerprint density at radius 1 is 1.00 bits per heavy atom. The van der Waals surface area contributed by atoms with Gasteiger partial charge in [0.25, 0.3) is 0 Å². The van der Waals surface area contributed by atoms with Crippen LogP contribution in [0, 0.1) is 0 Å². The fourth-order valence-corrected chi connectivity index (χ4v) is 3.36. The second-order valence-electron chi connectivity index (χ2n) is 5.28. The van der Waals surface area contributed by atoms with Crippen molar-refractivity contribution in [3.63, 3.8) is 0 Å². The standard InChI is InChI=1S/C15H20F3O3P/c1-11(2)20-22(19,21-12(3)4)10-9-13-5-7-14(8-6-13)15(16,17)18/h5-12H,1-4H3/b10-9+. The minimum absolute atomic E-state index is 0.304. The lowest BCUT2D eigenvalue weighted by molar-refractivity contribution is -0.137. The highest BCUT2D eigenvalue weighted by Gasteiger charge is 2.30. The molecule has 7 heteroatoms. The van der Waals surface area contributed by atoms with Gasteiger partial charge in [0, 0.05) is 5.82 Å². The van der Waals surface area contributed by atoms with E-state index in [1.165, 1.54) is 24.0 Å². The van der Waals surface area contributed by atoms with E-state index in [1.807, 2.05) is 0 Å². The molecule has 1 aromatic rings. The lowest BCUT2D eigenvalue weighted by atomic mass is 10.1. The van der Waals surface area contributed by atoms with Crippen LogP contribution in [0.1, 0.15) is 38.8 Å². The molecule has 3 nitrogen and oxygen atoms in total. The summed E-state index contributed by atoms with van der Waals surface area (Å²) in [6, 6.07) is 4.54. The zero-order valence-electron chi connectivity index (χ0n) is 12.9. The summed E-state index contributed by atoms with van der Waals surface area (Å²) in [5.41, 5.74) is -0.252. The van der Waals surface area contributed by atoms with Crippen molar-refractivity contribution in [3.8, 4) is 0 Å².